The van der Waals surface area contributed by atoms with Crippen molar-refractivity contribution in [3.8, 4) is 0 Å². The Morgan fingerprint density at radius 2 is 1.68 bits per heavy atom. The minimum absolute atomic E-state index is 0.0712. The molecule has 2 aromatic carbocycles. The fourth-order valence-corrected chi connectivity index (χ4v) is 3.28. The Kier molecular flexibility index (Phi) is 5.39. The number of rotatable bonds is 4. The molecule has 1 amide bonds. The van der Waals surface area contributed by atoms with Gasteiger partial charge in [0.2, 0.25) is 5.91 Å². The summed E-state index contributed by atoms with van der Waals surface area (Å²) in [6.07, 6.45) is 0. The lowest BCUT2D eigenvalue weighted by Crippen LogP contribution is -2.52. The average molecular weight is 337 g/mol. The maximum Gasteiger partial charge on any atom is 0.241 e. The molecule has 1 fully saturated rings. The highest BCUT2D eigenvalue weighted by Crippen LogP contribution is 2.19. The molecule has 3 rings (SSSR count). The van der Waals surface area contributed by atoms with Crippen molar-refractivity contribution in [1.82, 2.24) is 4.90 Å². The number of hydrogen-bond acceptors (Lipinski definition) is 3. The first-order chi connectivity index (χ1) is 12.0. The van der Waals surface area contributed by atoms with Crippen molar-refractivity contribution in [2.45, 2.75) is 26.8 Å². The minimum atomic E-state index is -0.127. The van der Waals surface area contributed by atoms with E-state index >= 15 is 0 Å². The van der Waals surface area contributed by atoms with E-state index in [1.165, 1.54) is 5.69 Å². The van der Waals surface area contributed by atoms with E-state index in [9.17, 15) is 4.79 Å². The standard InChI is InChI=1S/C21H27N3O/c1-16-9-10-17(2)20(15-16)22-21(25)18(3)23-11-13-24(14-12-23)19-7-5-4-6-8-19/h4-10,15,18H,11-14H2,1-3H3,(H,22,25)/t18-/m1/s1. The summed E-state index contributed by atoms with van der Waals surface area (Å²) < 4.78 is 0. The summed E-state index contributed by atoms with van der Waals surface area (Å²) in [5.41, 5.74) is 4.43. The lowest BCUT2D eigenvalue weighted by atomic mass is 10.1. The third kappa shape index (κ3) is 4.20. The van der Waals surface area contributed by atoms with Gasteiger partial charge in [-0.25, -0.2) is 0 Å². The number of piperazine rings is 1. The van der Waals surface area contributed by atoms with Gasteiger partial charge in [0.05, 0.1) is 6.04 Å². The number of nitrogens with zero attached hydrogens (tertiary/aromatic N) is 2. The smallest absolute Gasteiger partial charge is 0.241 e. The first-order valence-electron chi connectivity index (χ1n) is 8.97. The molecule has 1 heterocycles. The van der Waals surface area contributed by atoms with Gasteiger partial charge in [-0.2, -0.15) is 0 Å². The molecule has 1 N–H and O–H groups in total. The molecule has 1 saturated heterocycles. The van der Waals surface area contributed by atoms with Crippen LogP contribution >= 0.6 is 0 Å². The quantitative estimate of drug-likeness (QED) is 0.928. The number of aryl methyl sites for hydroxylation is 2. The van der Waals surface area contributed by atoms with Crippen molar-refractivity contribution >= 4 is 17.3 Å². The van der Waals surface area contributed by atoms with Gasteiger partial charge < -0.3 is 10.2 Å². The van der Waals surface area contributed by atoms with E-state index < -0.39 is 0 Å². The van der Waals surface area contributed by atoms with Crippen LogP contribution in [0.25, 0.3) is 0 Å². The lowest BCUT2D eigenvalue weighted by molar-refractivity contribution is -0.120. The molecule has 2 aromatic rings. The van der Waals surface area contributed by atoms with E-state index in [1.807, 2.05) is 39.0 Å². The molecule has 0 unspecified atom stereocenters. The third-order valence-electron chi connectivity index (χ3n) is 5.01. The number of carbonyl (C=O) groups excluding carboxylic acids is 1. The van der Waals surface area contributed by atoms with Crippen LogP contribution in [-0.4, -0.2) is 43.0 Å². The summed E-state index contributed by atoms with van der Waals surface area (Å²) in [6.45, 7) is 9.76. The van der Waals surface area contributed by atoms with Crippen molar-refractivity contribution in [2.24, 2.45) is 0 Å². The van der Waals surface area contributed by atoms with E-state index in [0.29, 0.717) is 0 Å². The first kappa shape index (κ1) is 17.5. The summed E-state index contributed by atoms with van der Waals surface area (Å²) in [4.78, 5) is 17.3. The molecule has 0 saturated carbocycles. The van der Waals surface area contributed by atoms with Crippen LogP contribution in [0.3, 0.4) is 0 Å². The summed E-state index contributed by atoms with van der Waals surface area (Å²) in [7, 11) is 0. The molecule has 0 aromatic heterocycles. The zero-order chi connectivity index (χ0) is 17.8. The number of amides is 1. The zero-order valence-electron chi connectivity index (χ0n) is 15.3. The van der Waals surface area contributed by atoms with Gasteiger partial charge in [0.25, 0.3) is 0 Å². The molecule has 4 nitrogen and oxygen atoms in total. The number of para-hydroxylation sites is 1. The van der Waals surface area contributed by atoms with Crippen LogP contribution < -0.4 is 10.2 Å². The molecular weight excluding hydrogens is 310 g/mol. The molecule has 0 spiro atoms. The fraction of sp³-hybridized carbons (Fsp3) is 0.381. The highest BCUT2D eigenvalue weighted by molar-refractivity contribution is 5.95. The van der Waals surface area contributed by atoms with Crippen molar-refractivity contribution in [2.75, 3.05) is 36.4 Å². The van der Waals surface area contributed by atoms with Crippen molar-refractivity contribution in [1.29, 1.82) is 0 Å². The molecule has 25 heavy (non-hydrogen) atoms. The summed E-state index contributed by atoms with van der Waals surface area (Å²) in [5.74, 6) is 0.0712. The van der Waals surface area contributed by atoms with E-state index in [4.69, 9.17) is 0 Å². The minimum Gasteiger partial charge on any atom is -0.369 e. The molecule has 1 aliphatic rings. The van der Waals surface area contributed by atoms with Gasteiger partial charge in [-0.3, -0.25) is 9.69 Å². The van der Waals surface area contributed by atoms with Gasteiger partial charge in [0, 0.05) is 37.6 Å². The first-order valence-corrected chi connectivity index (χ1v) is 8.97. The zero-order valence-corrected chi connectivity index (χ0v) is 15.3. The Hall–Kier alpha value is -2.33. The van der Waals surface area contributed by atoms with E-state index in [1.54, 1.807) is 0 Å². The molecule has 132 valence electrons. The predicted molar refractivity (Wildman–Crippen MR) is 104 cm³/mol. The van der Waals surface area contributed by atoms with Crippen molar-refractivity contribution < 1.29 is 4.79 Å². The van der Waals surface area contributed by atoms with Crippen LogP contribution in [0.1, 0.15) is 18.1 Å². The Labute approximate surface area is 150 Å². The van der Waals surface area contributed by atoms with Crippen LogP contribution in [0.15, 0.2) is 48.5 Å². The highest BCUT2D eigenvalue weighted by Gasteiger charge is 2.25. The second-order valence-corrected chi connectivity index (χ2v) is 6.84. The van der Waals surface area contributed by atoms with Gasteiger partial charge in [0.15, 0.2) is 0 Å². The molecule has 0 bridgehead atoms. The van der Waals surface area contributed by atoms with Crippen LogP contribution in [0.5, 0.6) is 0 Å². The van der Waals surface area contributed by atoms with Crippen molar-refractivity contribution in [3.05, 3.63) is 59.7 Å². The molecule has 0 aliphatic carbocycles. The monoisotopic (exact) mass is 337 g/mol. The highest BCUT2D eigenvalue weighted by atomic mass is 16.2. The average Bonchev–Trinajstić information content (AvgIpc) is 2.65. The topological polar surface area (TPSA) is 35.6 Å². The fourth-order valence-electron chi connectivity index (χ4n) is 3.28. The lowest BCUT2D eigenvalue weighted by Gasteiger charge is -2.38. The second-order valence-electron chi connectivity index (χ2n) is 6.84. The van der Waals surface area contributed by atoms with Crippen LogP contribution in [0.4, 0.5) is 11.4 Å². The van der Waals surface area contributed by atoms with Gasteiger partial charge in [0.1, 0.15) is 0 Å². The SMILES string of the molecule is Cc1ccc(C)c(NC(=O)[C@@H](C)N2CCN(c3ccccc3)CC2)c1. The van der Waals surface area contributed by atoms with Gasteiger partial charge in [-0.1, -0.05) is 30.3 Å². The third-order valence-corrected chi connectivity index (χ3v) is 5.01. The van der Waals surface area contributed by atoms with Crippen LogP contribution in [-0.2, 0) is 4.79 Å². The number of benzene rings is 2. The van der Waals surface area contributed by atoms with E-state index in [-0.39, 0.29) is 11.9 Å². The van der Waals surface area contributed by atoms with Gasteiger partial charge in [-0.15, -0.1) is 0 Å². The summed E-state index contributed by atoms with van der Waals surface area (Å²) in [5, 5.41) is 3.10. The Morgan fingerprint density at radius 1 is 1.00 bits per heavy atom. The van der Waals surface area contributed by atoms with Crippen LogP contribution in [0, 0.1) is 13.8 Å². The predicted octanol–water partition coefficient (Wildman–Crippen LogP) is 3.45. The van der Waals surface area contributed by atoms with Gasteiger partial charge in [-0.05, 0) is 50.1 Å². The van der Waals surface area contributed by atoms with E-state index in [2.05, 4.69) is 45.4 Å². The largest absolute Gasteiger partial charge is 0.369 e. The number of hydrogen-bond donors (Lipinski definition) is 1. The maximum absolute atomic E-state index is 12.7. The van der Waals surface area contributed by atoms with E-state index in [0.717, 1.165) is 43.0 Å². The molecular formula is C21H27N3O. The molecule has 1 atom stereocenters. The maximum atomic E-state index is 12.7. The molecule has 4 heteroatoms. The summed E-state index contributed by atoms with van der Waals surface area (Å²) in [6, 6.07) is 16.5. The second kappa shape index (κ2) is 7.70. The molecule has 0 radical (unpaired) electrons. The number of anilines is 2. The molecule has 1 aliphatic heterocycles. The Morgan fingerprint density at radius 3 is 2.36 bits per heavy atom. The number of carbonyl (C=O) groups is 1. The van der Waals surface area contributed by atoms with Crippen LogP contribution in [0.2, 0.25) is 0 Å². The van der Waals surface area contributed by atoms with Crippen molar-refractivity contribution in [3.63, 3.8) is 0 Å². The van der Waals surface area contributed by atoms with Gasteiger partial charge >= 0.3 is 0 Å². The Bertz CT molecular complexity index is 721. The number of nitrogens with one attached hydrogen (secondary N) is 1. The summed E-state index contributed by atoms with van der Waals surface area (Å²) >= 11 is 0. The Balaban J connectivity index is 1.57. The normalized spacial score (nSPS) is 16.5.